The first-order chi connectivity index (χ1) is 6.49. The van der Waals surface area contributed by atoms with Crippen LogP contribution in [0.15, 0.2) is 0 Å². The second kappa shape index (κ2) is 5.06. The quantitative estimate of drug-likeness (QED) is 0.649. The lowest BCUT2D eigenvalue weighted by molar-refractivity contribution is 0.259. The molecule has 0 aromatic carbocycles. The molecule has 6 heteroatoms. The number of hydrogen-bond donors (Lipinski definition) is 1. The molecule has 1 N–H and O–H groups in total. The van der Waals surface area contributed by atoms with Gasteiger partial charge >= 0.3 is 0 Å². The molecule has 0 atom stereocenters. The minimum absolute atomic E-state index is 0.223. The molecule has 14 heavy (non-hydrogen) atoms. The van der Waals surface area contributed by atoms with Crippen molar-refractivity contribution >= 4 is 10.0 Å². The summed E-state index contributed by atoms with van der Waals surface area (Å²) in [5.74, 6) is 0.223. The van der Waals surface area contributed by atoms with E-state index < -0.39 is 10.0 Å². The van der Waals surface area contributed by atoms with Crippen LogP contribution in [0, 0.1) is 0 Å². The molecule has 5 nitrogen and oxygen atoms in total. The molecule has 0 aromatic rings. The van der Waals surface area contributed by atoms with Crippen LogP contribution in [-0.2, 0) is 10.0 Å². The van der Waals surface area contributed by atoms with E-state index in [2.05, 4.69) is 14.5 Å². The molecule has 84 valence electrons. The zero-order valence-electron chi connectivity index (χ0n) is 8.86. The minimum atomic E-state index is -3.00. The third kappa shape index (κ3) is 4.36. The molecule has 0 unspecified atom stereocenters. The molecule has 1 saturated heterocycles. The molecule has 0 aromatic heterocycles. The fraction of sp³-hybridized carbons (Fsp3) is 1.00. The summed E-state index contributed by atoms with van der Waals surface area (Å²) in [4.78, 5) is 4.28. The number of likely N-dealkylation sites (N-methyl/N-ethyl adjacent to an activating group) is 1. The van der Waals surface area contributed by atoms with Crippen molar-refractivity contribution in [1.29, 1.82) is 0 Å². The molecule has 0 bridgehead atoms. The van der Waals surface area contributed by atoms with Crippen LogP contribution in [0.1, 0.15) is 0 Å². The van der Waals surface area contributed by atoms with Gasteiger partial charge in [-0.15, -0.1) is 0 Å². The topological polar surface area (TPSA) is 52.6 Å². The van der Waals surface area contributed by atoms with Crippen LogP contribution in [-0.4, -0.2) is 70.8 Å². The van der Waals surface area contributed by atoms with Gasteiger partial charge in [0, 0.05) is 32.7 Å². The second-order valence-corrected chi connectivity index (χ2v) is 5.78. The minimum Gasteiger partial charge on any atom is -0.308 e. The number of hydrogen-bond acceptors (Lipinski definition) is 4. The predicted octanol–water partition coefficient (Wildman–Crippen LogP) is -1.22. The van der Waals surface area contributed by atoms with Crippen molar-refractivity contribution in [2.45, 2.75) is 0 Å². The van der Waals surface area contributed by atoms with E-state index in [0.29, 0.717) is 13.1 Å². The summed E-state index contributed by atoms with van der Waals surface area (Å²) in [7, 11) is 1.05. The van der Waals surface area contributed by atoms with Crippen LogP contribution >= 0.6 is 0 Å². The Morgan fingerprint density at radius 1 is 1.36 bits per heavy atom. The van der Waals surface area contributed by atoms with Crippen LogP contribution in [0.25, 0.3) is 0 Å². The summed E-state index contributed by atoms with van der Waals surface area (Å²) < 4.78 is 25.0. The molecule has 0 radical (unpaired) electrons. The lowest BCUT2D eigenvalue weighted by Crippen LogP contribution is -2.34. The first kappa shape index (κ1) is 11.9. The van der Waals surface area contributed by atoms with Crippen LogP contribution in [0.2, 0.25) is 0 Å². The van der Waals surface area contributed by atoms with Crippen molar-refractivity contribution in [2.75, 3.05) is 52.6 Å². The van der Waals surface area contributed by atoms with E-state index in [1.807, 2.05) is 14.1 Å². The van der Waals surface area contributed by atoms with E-state index >= 15 is 0 Å². The molecule has 1 fully saturated rings. The van der Waals surface area contributed by atoms with Gasteiger partial charge in [0.2, 0.25) is 10.0 Å². The number of nitrogens with zero attached hydrogens (tertiary/aromatic N) is 2. The second-order valence-electron chi connectivity index (χ2n) is 3.86. The van der Waals surface area contributed by atoms with Gasteiger partial charge in [0.1, 0.15) is 0 Å². The Morgan fingerprint density at radius 3 is 2.71 bits per heavy atom. The molecule has 0 aliphatic carbocycles. The van der Waals surface area contributed by atoms with Gasteiger partial charge in [0.05, 0.1) is 5.75 Å². The van der Waals surface area contributed by atoms with E-state index in [0.717, 1.165) is 19.6 Å². The number of sulfonamides is 1. The van der Waals surface area contributed by atoms with Crippen LogP contribution in [0.3, 0.4) is 0 Å². The van der Waals surface area contributed by atoms with Crippen LogP contribution in [0.4, 0.5) is 0 Å². The summed E-state index contributed by atoms with van der Waals surface area (Å²) in [5, 5.41) is 0. The highest BCUT2D eigenvalue weighted by Gasteiger charge is 2.17. The Hall–Kier alpha value is -0.170. The van der Waals surface area contributed by atoms with Crippen molar-refractivity contribution in [2.24, 2.45) is 0 Å². The molecular formula is C8H19N3O2S. The average Bonchev–Trinajstić information content (AvgIpc) is 2.23. The summed E-state index contributed by atoms with van der Waals surface area (Å²) in [5.41, 5.74) is 0. The highest BCUT2D eigenvalue weighted by Crippen LogP contribution is 1.96. The summed E-state index contributed by atoms with van der Waals surface area (Å²) in [6.07, 6.45) is 0. The highest BCUT2D eigenvalue weighted by molar-refractivity contribution is 7.89. The molecule has 0 amide bonds. The van der Waals surface area contributed by atoms with Gasteiger partial charge < -0.3 is 4.90 Å². The summed E-state index contributed by atoms with van der Waals surface area (Å²) in [6.45, 7) is 3.90. The number of nitrogens with one attached hydrogen (secondary N) is 1. The predicted molar refractivity (Wildman–Crippen MR) is 56.8 cm³/mol. The van der Waals surface area contributed by atoms with E-state index in [-0.39, 0.29) is 5.75 Å². The zero-order chi connectivity index (χ0) is 10.6. The van der Waals surface area contributed by atoms with Gasteiger partial charge in [-0.05, 0) is 14.1 Å². The lowest BCUT2D eigenvalue weighted by atomic mass is 10.4. The molecule has 1 heterocycles. The van der Waals surface area contributed by atoms with E-state index in [9.17, 15) is 8.42 Å². The van der Waals surface area contributed by atoms with Crippen molar-refractivity contribution < 1.29 is 8.42 Å². The Labute approximate surface area is 86.1 Å². The van der Waals surface area contributed by atoms with Gasteiger partial charge in [-0.3, -0.25) is 4.90 Å². The van der Waals surface area contributed by atoms with E-state index in [1.165, 1.54) is 0 Å². The summed E-state index contributed by atoms with van der Waals surface area (Å²) in [6, 6.07) is 0. The van der Waals surface area contributed by atoms with Gasteiger partial charge in [-0.25, -0.2) is 13.1 Å². The van der Waals surface area contributed by atoms with Gasteiger partial charge in [0.15, 0.2) is 0 Å². The first-order valence-corrected chi connectivity index (χ1v) is 6.49. The fourth-order valence-corrected chi connectivity index (χ4v) is 2.40. The van der Waals surface area contributed by atoms with Gasteiger partial charge in [-0.2, -0.15) is 0 Å². The largest absolute Gasteiger partial charge is 0.308 e. The Bertz CT molecular complexity index is 264. The average molecular weight is 221 g/mol. The van der Waals surface area contributed by atoms with Gasteiger partial charge in [0.25, 0.3) is 0 Å². The molecule has 0 spiro atoms. The maximum atomic E-state index is 11.2. The third-order valence-corrected chi connectivity index (χ3v) is 3.65. The lowest BCUT2D eigenvalue weighted by Gasteiger charge is -2.20. The maximum Gasteiger partial charge on any atom is 0.212 e. The van der Waals surface area contributed by atoms with Gasteiger partial charge in [-0.1, -0.05) is 0 Å². The highest BCUT2D eigenvalue weighted by atomic mass is 32.2. The van der Waals surface area contributed by atoms with E-state index in [4.69, 9.17) is 0 Å². The first-order valence-electron chi connectivity index (χ1n) is 4.84. The molecule has 1 aliphatic heterocycles. The van der Waals surface area contributed by atoms with Crippen molar-refractivity contribution in [3.63, 3.8) is 0 Å². The Balaban J connectivity index is 2.35. The van der Waals surface area contributed by atoms with Crippen molar-refractivity contribution in [3.8, 4) is 0 Å². The third-order valence-electron chi connectivity index (χ3n) is 2.29. The fourth-order valence-electron chi connectivity index (χ4n) is 1.36. The van der Waals surface area contributed by atoms with Crippen molar-refractivity contribution in [1.82, 2.24) is 14.5 Å². The molecule has 1 rings (SSSR count). The molecule has 0 saturated carbocycles. The SMILES string of the molecule is CN(C)CCN1CCNS(=O)(=O)CC1. The number of rotatable bonds is 3. The normalized spacial score (nSPS) is 23.6. The van der Waals surface area contributed by atoms with Crippen LogP contribution < -0.4 is 4.72 Å². The van der Waals surface area contributed by atoms with E-state index in [1.54, 1.807) is 0 Å². The standard InChI is InChI=1S/C8H19N3O2S/c1-10(2)5-6-11-4-3-9-14(12,13)8-7-11/h9H,3-8H2,1-2H3. The van der Waals surface area contributed by atoms with Crippen molar-refractivity contribution in [3.05, 3.63) is 0 Å². The molecular weight excluding hydrogens is 202 g/mol. The Kier molecular flexibility index (Phi) is 4.31. The zero-order valence-corrected chi connectivity index (χ0v) is 9.68. The maximum absolute atomic E-state index is 11.2. The smallest absolute Gasteiger partial charge is 0.212 e. The monoisotopic (exact) mass is 221 g/mol. The molecule has 1 aliphatic rings. The summed E-state index contributed by atoms with van der Waals surface area (Å²) >= 11 is 0. The Morgan fingerprint density at radius 2 is 2.07 bits per heavy atom. The van der Waals surface area contributed by atoms with Crippen LogP contribution in [0.5, 0.6) is 0 Å².